The summed E-state index contributed by atoms with van der Waals surface area (Å²) in [6.45, 7) is 0.346. The van der Waals surface area contributed by atoms with Gasteiger partial charge in [-0.2, -0.15) is 0 Å². The van der Waals surface area contributed by atoms with E-state index in [9.17, 15) is 23.1 Å². The highest BCUT2D eigenvalue weighted by molar-refractivity contribution is 7.92. The Morgan fingerprint density at radius 3 is 2.40 bits per heavy atom. The van der Waals surface area contributed by atoms with Gasteiger partial charge in [0.2, 0.25) is 5.91 Å². The number of sulfone groups is 1. The van der Waals surface area contributed by atoms with Gasteiger partial charge in [-0.05, 0) is 67.9 Å². The molecule has 4 rings (SSSR count). The number of carbonyl (C=O) groups excluding carboxylic acids is 2. The van der Waals surface area contributed by atoms with Gasteiger partial charge in [0.15, 0.2) is 9.84 Å². The molecule has 0 spiro atoms. The molecule has 0 radical (unpaired) electrons. The Hall–Kier alpha value is -3.11. The van der Waals surface area contributed by atoms with Crippen molar-refractivity contribution in [3.63, 3.8) is 0 Å². The van der Waals surface area contributed by atoms with Gasteiger partial charge in [-0.15, -0.1) is 0 Å². The number of ether oxygens (including phenoxy) is 2. The van der Waals surface area contributed by atoms with Crippen LogP contribution in [-0.2, 0) is 25.8 Å². The second kappa shape index (κ2) is 14.0. The smallest absolute Gasteiger partial charge is 0.255 e. The highest BCUT2D eigenvalue weighted by Gasteiger charge is 2.38. The number of rotatable bonds is 12. The van der Waals surface area contributed by atoms with E-state index in [1.165, 1.54) is 12.1 Å². The first-order chi connectivity index (χ1) is 19.3. The predicted molar refractivity (Wildman–Crippen MR) is 152 cm³/mol. The first-order valence-corrected chi connectivity index (χ1v) is 15.8. The van der Waals surface area contributed by atoms with Crippen molar-refractivity contribution < 1.29 is 32.6 Å². The monoisotopic (exact) mass is 572 g/mol. The number of nitrogens with one attached hydrogen (secondary N) is 2. The van der Waals surface area contributed by atoms with E-state index in [4.69, 9.17) is 9.47 Å². The minimum absolute atomic E-state index is 0.0353. The minimum Gasteiger partial charge on any atom is -0.507 e. The number of hydrogen-bond acceptors (Lipinski definition) is 7. The maximum atomic E-state index is 14.1. The van der Waals surface area contributed by atoms with Crippen LogP contribution in [0.25, 0.3) is 0 Å². The standard InChI is InChI=1S/C30H40N2O7S/c1-38-23-15-13-21(14-16-23)18-28(40(36,37)20-22-8-3-2-4-9-22)25(32-30(35)27-12-7-17-39-27)19-31-29(34)24-10-5-6-11-26(24)33/h5-6,10-11,13-16,22,25,27-28,33H,2-4,7-9,12,17-20H2,1H3,(H,31,34)(H,32,35). The molecule has 40 heavy (non-hydrogen) atoms. The largest absolute Gasteiger partial charge is 0.507 e. The summed E-state index contributed by atoms with van der Waals surface area (Å²) in [7, 11) is -2.15. The Kier molecular flexibility index (Phi) is 10.4. The fourth-order valence-corrected chi connectivity index (χ4v) is 7.97. The van der Waals surface area contributed by atoms with Crippen LogP contribution in [0.1, 0.15) is 60.9 Å². The molecule has 218 valence electrons. The summed E-state index contributed by atoms with van der Waals surface area (Å²) in [5.41, 5.74) is 0.852. The molecule has 1 heterocycles. The Bertz CT molecular complexity index is 1240. The van der Waals surface area contributed by atoms with Crippen LogP contribution < -0.4 is 15.4 Å². The van der Waals surface area contributed by atoms with Gasteiger partial charge in [0.05, 0.1) is 29.7 Å². The van der Waals surface area contributed by atoms with Crippen LogP contribution in [0.2, 0.25) is 0 Å². The highest BCUT2D eigenvalue weighted by Crippen LogP contribution is 2.28. The van der Waals surface area contributed by atoms with Crippen LogP contribution >= 0.6 is 0 Å². The third kappa shape index (κ3) is 7.97. The summed E-state index contributed by atoms with van der Waals surface area (Å²) in [5.74, 6) is -0.354. The van der Waals surface area contributed by atoms with Gasteiger partial charge in [0.25, 0.3) is 5.91 Å². The number of benzene rings is 2. The molecule has 0 aromatic heterocycles. The van der Waals surface area contributed by atoms with Crippen molar-refractivity contribution in [3.8, 4) is 11.5 Å². The summed E-state index contributed by atoms with van der Waals surface area (Å²) in [6.07, 6.45) is 5.68. The van der Waals surface area contributed by atoms with E-state index in [0.29, 0.717) is 18.8 Å². The summed E-state index contributed by atoms with van der Waals surface area (Å²) >= 11 is 0. The quantitative estimate of drug-likeness (QED) is 0.355. The van der Waals surface area contributed by atoms with Crippen LogP contribution in [0.4, 0.5) is 0 Å². The van der Waals surface area contributed by atoms with Crippen molar-refractivity contribution in [1.82, 2.24) is 10.6 Å². The molecular formula is C30H40N2O7S. The highest BCUT2D eigenvalue weighted by atomic mass is 32.2. The molecule has 2 aromatic carbocycles. The fourth-order valence-electron chi connectivity index (χ4n) is 5.62. The Morgan fingerprint density at radius 2 is 1.75 bits per heavy atom. The van der Waals surface area contributed by atoms with Crippen LogP contribution in [0.15, 0.2) is 48.5 Å². The SMILES string of the molecule is COc1ccc(CC(C(CNC(=O)c2ccccc2O)NC(=O)C2CCCO2)S(=O)(=O)CC2CCCCC2)cc1. The average Bonchev–Trinajstić information content (AvgIpc) is 3.50. The summed E-state index contributed by atoms with van der Waals surface area (Å²) < 4.78 is 39.0. The number of methoxy groups -OCH3 is 1. The molecule has 0 bridgehead atoms. The van der Waals surface area contributed by atoms with Crippen molar-refractivity contribution in [2.24, 2.45) is 5.92 Å². The predicted octanol–water partition coefficient (Wildman–Crippen LogP) is 3.40. The van der Waals surface area contributed by atoms with Gasteiger partial charge in [-0.3, -0.25) is 9.59 Å². The van der Waals surface area contributed by atoms with Crippen molar-refractivity contribution in [1.29, 1.82) is 0 Å². The van der Waals surface area contributed by atoms with Crippen molar-refractivity contribution >= 4 is 21.7 Å². The average molecular weight is 573 g/mol. The van der Waals surface area contributed by atoms with Gasteiger partial charge in [-0.25, -0.2) is 8.42 Å². The van der Waals surface area contributed by atoms with Crippen molar-refractivity contribution in [3.05, 3.63) is 59.7 Å². The van der Waals surface area contributed by atoms with Crippen molar-refractivity contribution in [2.75, 3.05) is 26.0 Å². The second-order valence-corrected chi connectivity index (χ2v) is 13.0. The zero-order valence-corrected chi connectivity index (χ0v) is 23.8. The van der Waals surface area contributed by atoms with Gasteiger partial charge in [-0.1, -0.05) is 43.5 Å². The van der Waals surface area contributed by atoms with E-state index in [-0.39, 0.29) is 41.9 Å². The summed E-state index contributed by atoms with van der Waals surface area (Å²) in [5, 5.41) is 14.8. The lowest BCUT2D eigenvalue weighted by molar-refractivity contribution is -0.130. The molecule has 2 amide bonds. The number of para-hydroxylation sites is 1. The molecule has 9 nitrogen and oxygen atoms in total. The Labute approximate surface area is 236 Å². The first kappa shape index (κ1) is 29.9. The van der Waals surface area contributed by atoms with Gasteiger partial charge in [0.1, 0.15) is 17.6 Å². The third-order valence-corrected chi connectivity index (χ3v) is 10.2. The van der Waals surface area contributed by atoms with Crippen LogP contribution in [-0.4, -0.2) is 68.7 Å². The zero-order valence-electron chi connectivity index (χ0n) is 23.0. The maximum Gasteiger partial charge on any atom is 0.255 e. The number of phenolic OH excluding ortho intramolecular Hbond substituents is 1. The van der Waals surface area contributed by atoms with E-state index in [1.54, 1.807) is 31.4 Å². The second-order valence-electron chi connectivity index (χ2n) is 10.8. The van der Waals surface area contributed by atoms with Crippen LogP contribution in [0, 0.1) is 5.92 Å². The summed E-state index contributed by atoms with van der Waals surface area (Å²) in [4.78, 5) is 26.1. The lowest BCUT2D eigenvalue weighted by atomic mass is 9.91. The van der Waals surface area contributed by atoms with E-state index in [2.05, 4.69) is 10.6 Å². The van der Waals surface area contributed by atoms with E-state index in [0.717, 1.165) is 44.1 Å². The van der Waals surface area contributed by atoms with Gasteiger partial charge in [0, 0.05) is 13.2 Å². The fraction of sp³-hybridized carbons (Fsp3) is 0.533. The number of phenols is 1. The number of aromatic hydroxyl groups is 1. The number of amides is 2. The molecule has 3 atom stereocenters. The number of hydrogen-bond donors (Lipinski definition) is 3. The molecular weight excluding hydrogens is 532 g/mol. The molecule has 2 aromatic rings. The topological polar surface area (TPSA) is 131 Å². The molecule has 10 heteroatoms. The minimum atomic E-state index is -3.71. The lowest BCUT2D eigenvalue weighted by Crippen LogP contribution is -2.56. The molecule has 3 N–H and O–H groups in total. The lowest BCUT2D eigenvalue weighted by Gasteiger charge is -2.31. The molecule has 1 aliphatic carbocycles. The van der Waals surface area contributed by atoms with E-state index >= 15 is 0 Å². The van der Waals surface area contributed by atoms with Gasteiger partial charge >= 0.3 is 0 Å². The van der Waals surface area contributed by atoms with E-state index < -0.39 is 33.1 Å². The number of carbonyl (C=O) groups is 2. The first-order valence-electron chi connectivity index (χ1n) is 14.1. The molecule has 1 aliphatic heterocycles. The van der Waals surface area contributed by atoms with E-state index in [1.807, 2.05) is 12.1 Å². The molecule has 2 aliphatic rings. The Balaban J connectivity index is 1.63. The molecule has 1 saturated heterocycles. The van der Waals surface area contributed by atoms with Crippen molar-refractivity contribution in [2.45, 2.75) is 68.8 Å². The molecule has 1 saturated carbocycles. The maximum absolute atomic E-state index is 14.1. The molecule has 2 fully saturated rings. The zero-order chi connectivity index (χ0) is 28.5. The van der Waals surface area contributed by atoms with Gasteiger partial charge < -0.3 is 25.2 Å². The normalized spacial score (nSPS) is 19.5. The van der Waals surface area contributed by atoms with Crippen LogP contribution in [0.5, 0.6) is 11.5 Å². The molecule has 3 unspecified atom stereocenters. The van der Waals surface area contributed by atoms with Crippen LogP contribution in [0.3, 0.4) is 0 Å². The third-order valence-electron chi connectivity index (χ3n) is 7.88. The summed E-state index contributed by atoms with van der Waals surface area (Å²) in [6, 6.07) is 12.4. The Morgan fingerprint density at radius 1 is 1.02 bits per heavy atom.